The Morgan fingerprint density at radius 2 is 1.57 bits per heavy atom. The topological polar surface area (TPSA) is 44.3 Å². The minimum atomic E-state index is 0.771. The summed E-state index contributed by atoms with van der Waals surface area (Å²) in [6, 6.07) is 14.1. The fraction of sp³-hybridized carbons (Fsp3) is 0.294. The molecule has 4 nitrogen and oxygen atoms in total. The number of methoxy groups -OCH3 is 3. The van der Waals surface area contributed by atoms with E-state index < -0.39 is 0 Å². The highest BCUT2D eigenvalue weighted by Gasteiger charge is 2.10. The minimum absolute atomic E-state index is 0.771. The summed E-state index contributed by atoms with van der Waals surface area (Å²) >= 11 is 0. The largest absolute Gasteiger partial charge is 0.497 e. The highest BCUT2D eigenvalue weighted by Crippen LogP contribution is 2.29. The summed E-state index contributed by atoms with van der Waals surface area (Å²) in [7, 11) is 5.00. The molecule has 2 N–H and O–H groups in total. The number of ether oxygens (including phenoxy) is 3. The molecule has 0 saturated carbocycles. The van der Waals surface area contributed by atoms with Gasteiger partial charge in [0.2, 0.25) is 0 Å². The molecule has 0 bridgehead atoms. The van der Waals surface area contributed by atoms with Gasteiger partial charge in [-0.25, -0.2) is 0 Å². The third kappa shape index (κ3) is 3.89. The smallest absolute Gasteiger partial charge is 0.169 e. The van der Waals surface area contributed by atoms with Crippen molar-refractivity contribution in [1.82, 2.24) is 0 Å². The molecular weight excluding hydrogens is 266 g/mol. The Hall–Kier alpha value is -2.20. The fourth-order valence-electron chi connectivity index (χ4n) is 2.27. The van der Waals surface area contributed by atoms with Crippen molar-refractivity contribution in [3.63, 3.8) is 0 Å². The van der Waals surface area contributed by atoms with Crippen LogP contribution >= 0.6 is 0 Å². The van der Waals surface area contributed by atoms with Gasteiger partial charge in [0.15, 0.2) is 11.5 Å². The molecule has 0 heterocycles. The first-order valence-electron chi connectivity index (χ1n) is 6.93. The molecule has 0 aromatic heterocycles. The van der Waals surface area contributed by atoms with Crippen LogP contribution in [0.15, 0.2) is 42.5 Å². The summed E-state index contributed by atoms with van der Waals surface area (Å²) in [5.74, 6) is 2.46. The lowest BCUT2D eigenvalue weighted by Gasteiger charge is -2.11. The zero-order chi connectivity index (χ0) is 15.1. The lowest BCUT2D eigenvalue weighted by molar-refractivity contribution is -0.686. The van der Waals surface area contributed by atoms with Gasteiger partial charge in [-0.05, 0) is 36.4 Å². The molecule has 0 aliphatic rings. The van der Waals surface area contributed by atoms with E-state index in [1.165, 1.54) is 5.56 Å². The van der Waals surface area contributed by atoms with Crippen molar-refractivity contribution >= 4 is 0 Å². The summed E-state index contributed by atoms with van der Waals surface area (Å²) < 4.78 is 15.9. The van der Waals surface area contributed by atoms with Crippen LogP contribution in [0.1, 0.15) is 11.1 Å². The van der Waals surface area contributed by atoms with E-state index in [4.69, 9.17) is 14.2 Å². The van der Waals surface area contributed by atoms with E-state index in [0.717, 1.165) is 35.9 Å². The fourth-order valence-corrected chi connectivity index (χ4v) is 2.27. The summed E-state index contributed by atoms with van der Waals surface area (Å²) in [5.41, 5.74) is 2.39. The van der Waals surface area contributed by atoms with Gasteiger partial charge in [0.1, 0.15) is 18.8 Å². The second kappa shape index (κ2) is 7.55. The zero-order valence-corrected chi connectivity index (χ0v) is 12.8. The third-order valence-electron chi connectivity index (χ3n) is 3.39. The second-order valence-corrected chi connectivity index (χ2v) is 4.70. The van der Waals surface area contributed by atoms with Gasteiger partial charge in [-0.2, -0.15) is 0 Å². The first kappa shape index (κ1) is 15.2. The average molecular weight is 288 g/mol. The predicted octanol–water partition coefficient (Wildman–Crippen LogP) is 1.98. The van der Waals surface area contributed by atoms with E-state index in [1.54, 1.807) is 21.3 Å². The molecule has 0 aliphatic carbocycles. The lowest BCUT2D eigenvalue weighted by atomic mass is 10.1. The Bertz CT molecular complexity index is 567. The lowest BCUT2D eigenvalue weighted by Crippen LogP contribution is -2.80. The summed E-state index contributed by atoms with van der Waals surface area (Å²) in [6.45, 7) is 1.75. The Labute approximate surface area is 125 Å². The number of benzene rings is 2. The summed E-state index contributed by atoms with van der Waals surface area (Å²) in [4.78, 5) is 0. The van der Waals surface area contributed by atoms with Crippen molar-refractivity contribution in [3.8, 4) is 17.2 Å². The monoisotopic (exact) mass is 288 g/mol. The molecular formula is C17H22NO3+. The Balaban J connectivity index is 1.96. The van der Waals surface area contributed by atoms with Crippen LogP contribution in [0.5, 0.6) is 17.2 Å². The summed E-state index contributed by atoms with van der Waals surface area (Å²) in [6.07, 6.45) is 0. The molecule has 0 aliphatic heterocycles. The molecule has 0 fully saturated rings. The van der Waals surface area contributed by atoms with E-state index in [0.29, 0.717) is 0 Å². The van der Waals surface area contributed by atoms with Crippen molar-refractivity contribution in [2.75, 3.05) is 21.3 Å². The molecule has 0 amide bonds. The molecule has 0 unspecified atom stereocenters. The first-order valence-corrected chi connectivity index (χ1v) is 6.93. The van der Waals surface area contributed by atoms with Crippen LogP contribution in [-0.2, 0) is 13.1 Å². The van der Waals surface area contributed by atoms with Crippen molar-refractivity contribution in [3.05, 3.63) is 53.6 Å². The molecule has 0 spiro atoms. The average Bonchev–Trinajstić information content (AvgIpc) is 2.55. The number of para-hydroxylation sites is 1. The molecule has 21 heavy (non-hydrogen) atoms. The van der Waals surface area contributed by atoms with Gasteiger partial charge in [-0.1, -0.05) is 6.07 Å². The van der Waals surface area contributed by atoms with Crippen LogP contribution in [0.2, 0.25) is 0 Å². The number of nitrogens with two attached hydrogens (primary N) is 1. The van der Waals surface area contributed by atoms with Gasteiger partial charge in [0, 0.05) is 5.56 Å². The van der Waals surface area contributed by atoms with Crippen molar-refractivity contribution in [2.24, 2.45) is 0 Å². The molecule has 0 saturated heterocycles. The van der Waals surface area contributed by atoms with Crippen LogP contribution in [0.25, 0.3) is 0 Å². The molecule has 4 heteroatoms. The van der Waals surface area contributed by atoms with Gasteiger partial charge in [-0.3, -0.25) is 0 Å². The Morgan fingerprint density at radius 3 is 2.19 bits per heavy atom. The molecule has 2 aromatic rings. The number of rotatable bonds is 7. The van der Waals surface area contributed by atoms with Gasteiger partial charge in [0.05, 0.1) is 26.9 Å². The van der Waals surface area contributed by atoms with Crippen molar-refractivity contribution < 1.29 is 19.5 Å². The minimum Gasteiger partial charge on any atom is -0.497 e. The van der Waals surface area contributed by atoms with Gasteiger partial charge < -0.3 is 19.5 Å². The normalized spacial score (nSPS) is 10.2. The molecule has 2 rings (SSSR count). The van der Waals surface area contributed by atoms with E-state index in [9.17, 15) is 0 Å². The van der Waals surface area contributed by atoms with Crippen molar-refractivity contribution in [2.45, 2.75) is 13.1 Å². The highest BCUT2D eigenvalue weighted by atomic mass is 16.5. The maximum Gasteiger partial charge on any atom is 0.169 e. The maximum atomic E-state index is 5.44. The van der Waals surface area contributed by atoms with Gasteiger partial charge in [-0.15, -0.1) is 0 Å². The van der Waals surface area contributed by atoms with Gasteiger partial charge >= 0.3 is 0 Å². The van der Waals surface area contributed by atoms with Crippen LogP contribution in [0.3, 0.4) is 0 Å². The standard InChI is InChI=1S/C17H21NO3/c1-19-15-9-7-13(8-10-15)11-18-12-14-5-4-6-16(20-2)17(14)21-3/h4-10,18H,11-12H2,1-3H3/p+1. The predicted molar refractivity (Wildman–Crippen MR) is 81.9 cm³/mol. The Kier molecular flexibility index (Phi) is 5.46. The van der Waals surface area contributed by atoms with Crippen molar-refractivity contribution in [1.29, 1.82) is 0 Å². The number of hydrogen-bond donors (Lipinski definition) is 1. The van der Waals surface area contributed by atoms with E-state index in [-0.39, 0.29) is 0 Å². The number of hydrogen-bond acceptors (Lipinski definition) is 3. The third-order valence-corrected chi connectivity index (χ3v) is 3.39. The van der Waals surface area contributed by atoms with Crippen LogP contribution in [0.4, 0.5) is 0 Å². The van der Waals surface area contributed by atoms with Crippen LogP contribution in [-0.4, -0.2) is 21.3 Å². The van der Waals surface area contributed by atoms with E-state index in [2.05, 4.69) is 23.5 Å². The zero-order valence-electron chi connectivity index (χ0n) is 12.8. The SMILES string of the molecule is COc1ccc(C[NH2+]Cc2cccc(OC)c2OC)cc1. The van der Waals surface area contributed by atoms with Gasteiger partial charge in [0.25, 0.3) is 0 Å². The van der Waals surface area contributed by atoms with Crippen LogP contribution in [0, 0.1) is 0 Å². The maximum absolute atomic E-state index is 5.44. The summed E-state index contributed by atoms with van der Waals surface area (Å²) in [5, 5.41) is 2.24. The molecule has 0 atom stereocenters. The molecule has 2 aromatic carbocycles. The highest BCUT2D eigenvalue weighted by molar-refractivity contribution is 5.46. The Morgan fingerprint density at radius 1 is 0.810 bits per heavy atom. The van der Waals surface area contributed by atoms with E-state index >= 15 is 0 Å². The second-order valence-electron chi connectivity index (χ2n) is 4.70. The number of quaternary nitrogens is 1. The van der Waals surface area contributed by atoms with Crippen LogP contribution < -0.4 is 19.5 Å². The molecule has 112 valence electrons. The first-order chi connectivity index (χ1) is 10.3. The van der Waals surface area contributed by atoms with E-state index in [1.807, 2.05) is 24.3 Å². The molecule has 0 radical (unpaired) electrons. The quantitative estimate of drug-likeness (QED) is 0.847.